The fourth-order valence-electron chi connectivity index (χ4n) is 4.88. The van der Waals surface area contributed by atoms with E-state index in [-0.39, 0.29) is 43.0 Å². The molecule has 1 aromatic rings. The van der Waals surface area contributed by atoms with Crippen molar-refractivity contribution in [2.24, 2.45) is 11.8 Å². The van der Waals surface area contributed by atoms with Crippen LogP contribution in [0.4, 0.5) is 0 Å². The van der Waals surface area contributed by atoms with Gasteiger partial charge in [-0.15, -0.1) is 0 Å². The second-order valence-electron chi connectivity index (χ2n) is 9.34. The van der Waals surface area contributed by atoms with Gasteiger partial charge in [0.25, 0.3) is 5.91 Å². The lowest BCUT2D eigenvalue weighted by Gasteiger charge is -2.35. The summed E-state index contributed by atoms with van der Waals surface area (Å²) in [5, 5.41) is 9.47. The van der Waals surface area contributed by atoms with Gasteiger partial charge in [-0.2, -0.15) is 4.31 Å². The van der Waals surface area contributed by atoms with Crippen LogP contribution in [0.15, 0.2) is 41.0 Å². The minimum atomic E-state index is -3.82. The maximum atomic E-state index is 13.1. The van der Waals surface area contributed by atoms with E-state index in [4.69, 9.17) is 14.2 Å². The first-order chi connectivity index (χ1) is 16.9. The highest BCUT2D eigenvalue weighted by molar-refractivity contribution is 7.89. The van der Waals surface area contributed by atoms with E-state index in [0.29, 0.717) is 23.8 Å². The Bertz CT molecular complexity index is 986. The highest BCUT2D eigenvalue weighted by Gasteiger charge is 2.36. The fraction of sp³-hybridized carbons (Fsp3) is 0.640. The van der Waals surface area contributed by atoms with E-state index in [0.717, 1.165) is 25.9 Å². The molecule has 2 fully saturated rings. The summed E-state index contributed by atoms with van der Waals surface area (Å²) < 4.78 is 44.4. The Labute approximate surface area is 207 Å². The SMILES string of the molecule is COc1ccc(S(=O)(=O)N(CCO)CCO[C@H]2C[C@@H](C3CCCCC3)C=C(C(=O)N3CC3)O2)cc1. The Morgan fingerprint density at radius 3 is 2.49 bits per heavy atom. The largest absolute Gasteiger partial charge is 0.497 e. The quantitative estimate of drug-likeness (QED) is 0.458. The summed E-state index contributed by atoms with van der Waals surface area (Å²) in [6, 6.07) is 6.13. The van der Waals surface area contributed by atoms with Crippen molar-refractivity contribution < 1.29 is 32.5 Å². The Balaban J connectivity index is 1.39. The summed E-state index contributed by atoms with van der Waals surface area (Å²) in [7, 11) is -2.31. The summed E-state index contributed by atoms with van der Waals surface area (Å²) in [5.74, 6) is 1.54. The van der Waals surface area contributed by atoms with Crippen molar-refractivity contribution in [3.05, 3.63) is 36.1 Å². The normalized spacial score (nSPS) is 23.1. The van der Waals surface area contributed by atoms with Crippen molar-refractivity contribution in [2.75, 3.05) is 46.5 Å². The van der Waals surface area contributed by atoms with Crippen molar-refractivity contribution in [2.45, 2.75) is 49.7 Å². The molecule has 0 spiro atoms. The second-order valence-corrected chi connectivity index (χ2v) is 11.3. The lowest BCUT2D eigenvalue weighted by molar-refractivity contribution is -0.154. The molecule has 1 saturated heterocycles. The van der Waals surface area contributed by atoms with Gasteiger partial charge in [0.2, 0.25) is 16.3 Å². The molecule has 10 heteroatoms. The van der Waals surface area contributed by atoms with Crippen LogP contribution < -0.4 is 4.74 Å². The summed E-state index contributed by atoms with van der Waals surface area (Å²) in [6.07, 6.45) is 7.98. The predicted octanol–water partition coefficient (Wildman–Crippen LogP) is 2.36. The number of sulfonamides is 1. The third kappa shape index (κ3) is 6.55. The molecule has 0 aromatic heterocycles. The molecule has 3 aliphatic rings. The van der Waals surface area contributed by atoms with Gasteiger partial charge in [-0.05, 0) is 55.0 Å². The molecule has 1 aliphatic carbocycles. The van der Waals surface area contributed by atoms with E-state index in [1.54, 1.807) is 17.0 Å². The Kier molecular flexibility index (Phi) is 8.69. The summed E-state index contributed by atoms with van der Waals surface area (Å²) >= 11 is 0. The number of methoxy groups -OCH3 is 1. The van der Waals surface area contributed by atoms with Crippen LogP contribution in [0.1, 0.15) is 38.5 Å². The van der Waals surface area contributed by atoms with Crippen molar-refractivity contribution in [1.29, 1.82) is 0 Å². The number of ether oxygens (including phenoxy) is 3. The number of allylic oxidation sites excluding steroid dienone is 1. The number of carbonyl (C=O) groups excluding carboxylic acids is 1. The van der Waals surface area contributed by atoms with Crippen LogP contribution >= 0.6 is 0 Å². The summed E-state index contributed by atoms with van der Waals surface area (Å²) in [5.41, 5.74) is 0. The first-order valence-corrected chi connectivity index (χ1v) is 13.9. The van der Waals surface area contributed by atoms with Crippen molar-refractivity contribution >= 4 is 15.9 Å². The Hall–Kier alpha value is -2.14. The molecule has 4 rings (SSSR count). The molecule has 0 unspecified atom stereocenters. The standard InChI is InChI=1S/C25H36N2O7S/c1-32-21-7-9-22(10-8-21)35(30,31)27(13-15-28)14-16-33-24-18-20(19-5-3-2-4-6-19)17-23(34-24)25(29)26-11-12-26/h7-10,17,19-20,24,28H,2-6,11-16,18H2,1H3/t20-,24+/m0/s1. The molecule has 0 bridgehead atoms. The van der Waals surface area contributed by atoms with Gasteiger partial charge in [0, 0.05) is 32.6 Å². The predicted molar refractivity (Wildman–Crippen MR) is 129 cm³/mol. The number of hydrogen-bond acceptors (Lipinski definition) is 7. The highest BCUT2D eigenvalue weighted by atomic mass is 32.2. The van der Waals surface area contributed by atoms with Gasteiger partial charge in [-0.3, -0.25) is 4.79 Å². The molecular formula is C25H36N2O7S. The molecule has 1 amide bonds. The minimum absolute atomic E-state index is 0.0491. The van der Waals surface area contributed by atoms with E-state index < -0.39 is 16.3 Å². The molecule has 2 aliphatic heterocycles. The lowest BCUT2D eigenvalue weighted by Crippen LogP contribution is -2.38. The number of hydrogen-bond donors (Lipinski definition) is 1. The van der Waals surface area contributed by atoms with Gasteiger partial charge in [-0.25, -0.2) is 8.42 Å². The summed E-state index contributed by atoms with van der Waals surface area (Å²) in [6.45, 7) is 1.28. The van der Waals surface area contributed by atoms with E-state index in [9.17, 15) is 18.3 Å². The van der Waals surface area contributed by atoms with Gasteiger partial charge in [-0.1, -0.05) is 19.3 Å². The molecule has 1 aromatic carbocycles. The Morgan fingerprint density at radius 1 is 1.14 bits per heavy atom. The van der Waals surface area contributed by atoms with Gasteiger partial charge >= 0.3 is 0 Å². The number of nitrogens with zero attached hydrogens (tertiary/aromatic N) is 2. The number of rotatable bonds is 11. The number of carbonyl (C=O) groups is 1. The van der Waals surface area contributed by atoms with Crippen molar-refractivity contribution in [3.63, 3.8) is 0 Å². The molecule has 194 valence electrons. The first kappa shape index (κ1) is 25.9. The lowest BCUT2D eigenvalue weighted by atomic mass is 9.77. The second kappa shape index (κ2) is 11.7. The topological polar surface area (TPSA) is 105 Å². The average molecular weight is 509 g/mol. The fourth-order valence-corrected chi connectivity index (χ4v) is 6.30. The molecular weight excluding hydrogens is 472 g/mol. The van der Waals surface area contributed by atoms with Crippen LogP contribution in [0.25, 0.3) is 0 Å². The molecule has 9 nitrogen and oxygen atoms in total. The zero-order valence-electron chi connectivity index (χ0n) is 20.3. The summed E-state index contributed by atoms with van der Waals surface area (Å²) in [4.78, 5) is 14.5. The highest BCUT2D eigenvalue weighted by Crippen LogP contribution is 2.37. The van der Waals surface area contributed by atoms with Crippen LogP contribution in [0.2, 0.25) is 0 Å². The van der Waals surface area contributed by atoms with E-state index >= 15 is 0 Å². The van der Waals surface area contributed by atoms with Crippen LogP contribution in [-0.4, -0.2) is 81.4 Å². The number of benzene rings is 1. The molecule has 2 atom stereocenters. The third-order valence-corrected chi connectivity index (χ3v) is 8.89. The monoisotopic (exact) mass is 508 g/mol. The van der Waals surface area contributed by atoms with Crippen LogP contribution in [0.5, 0.6) is 5.75 Å². The van der Waals surface area contributed by atoms with Gasteiger partial charge in [0.05, 0.1) is 25.2 Å². The van der Waals surface area contributed by atoms with Crippen molar-refractivity contribution in [3.8, 4) is 5.75 Å². The van der Waals surface area contributed by atoms with E-state index in [1.807, 2.05) is 6.08 Å². The zero-order chi connectivity index (χ0) is 24.8. The van der Waals surface area contributed by atoms with Crippen molar-refractivity contribution in [1.82, 2.24) is 9.21 Å². The van der Waals surface area contributed by atoms with Crippen LogP contribution in [0.3, 0.4) is 0 Å². The number of aliphatic hydroxyl groups excluding tert-OH is 1. The Morgan fingerprint density at radius 2 is 1.86 bits per heavy atom. The zero-order valence-corrected chi connectivity index (χ0v) is 21.1. The van der Waals surface area contributed by atoms with Gasteiger partial charge < -0.3 is 24.2 Å². The maximum absolute atomic E-state index is 13.1. The number of amides is 1. The molecule has 35 heavy (non-hydrogen) atoms. The van der Waals surface area contributed by atoms with Gasteiger partial charge in [0.15, 0.2) is 5.76 Å². The van der Waals surface area contributed by atoms with Gasteiger partial charge in [0.1, 0.15) is 5.75 Å². The molecule has 1 saturated carbocycles. The minimum Gasteiger partial charge on any atom is -0.497 e. The number of aliphatic hydroxyl groups is 1. The molecule has 0 radical (unpaired) electrons. The molecule has 2 heterocycles. The van der Waals surface area contributed by atoms with Crippen LogP contribution in [-0.2, 0) is 24.3 Å². The van der Waals surface area contributed by atoms with E-state index in [1.165, 1.54) is 42.8 Å². The molecule has 1 N–H and O–H groups in total. The smallest absolute Gasteiger partial charge is 0.288 e. The third-order valence-electron chi connectivity index (χ3n) is 6.98. The first-order valence-electron chi connectivity index (χ1n) is 12.5. The van der Waals surface area contributed by atoms with E-state index in [2.05, 4.69) is 0 Å². The van der Waals surface area contributed by atoms with Crippen LogP contribution in [0, 0.1) is 11.8 Å². The maximum Gasteiger partial charge on any atom is 0.288 e. The average Bonchev–Trinajstić information content (AvgIpc) is 3.74.